The highest BCUT2D eigenvalue weighted by Gasteiger charge is 2.43. The van der Waals surface area contributed by atoms with Gasteiger partial charge in [0.15, 0.2) is 5.96 Å². The Labute approximate surface area is 156 Å². The van der Waals surface area contributed by atoms with Gasteiger partial charge in [-0.25, -0.2) is 0 Å². The molecule has 1 aromatic rings. The van der Waals surface area contributed by atoms with Crippen molar-refractivity contribution in [1.29, 1.82) is 0 Å². The molecule has 0 radical (unpaired) electrons. The van der Waals surface area contributed by atoms with Gasteiger partial charge in [-0.3, -0.25) is 4.99 Å². The normalized spacial score (nSPS) is 20.4. The number of thioether (sulfide) groups is 1. The highest BCUT2D eigenvalue weighted by molar-refractivity contribution is 7.99. The van der Waals surface area contributed by atoms with Crippen LogP contribution in [0.4, 0.5) is 0 Å². The number of guanidine groups is 1. The summed E-state index contributed by atoms with van der Waals surface area (Å²) in [5.74, 6) is 3.67. The second kappa shape index (κ2) is 8.35. The molecule has 1 aromatic carbocycles. The quantitative estimate of drug-likeness (QED) is 0.474. The average molecular weight is 362 g/mol. The van der Waals surface area contributed by atoms with Crippen molar-refractivity contribution in [3.05, 3.63) is 24.3 Å². The van der Waals surface area contributed by atoms with Gasteiger partial charge in [0, 0.05) is 37.3 Å². The molecule has 1 unspecified atom stereocenters. The fourth-order valence-corrected chi connectivity index (χ4v) is 4.88. The van der Waals surface area contributed by atoms with E-state index in [1.165, 1.54) is 37.1 Å². The molecule has 1 N–H and O–H groups in total. The van der Waals surface area contributed by atoms with Gasteiger partial charge < -0.3 is 15.0 Å². The lowest BCUT2D eigenvalue weighted by Gasteiger charge is -2.38. The van der Waals surface area contributed by atoms with Gasteiger partial charge in [-0.15, -0.1) is 11.8 Å². The summed E-state index contributed by atoms with van der Waals surface area (Å²) in [7, 11) is 3.64. The molecule has 0 bridgehead atoms. The molecule has 4 nitrogen and oxygen atoms in total. The van der Waals surface area contributed by atoms with Crippen molar-refractivity contribution < 1.29 is 4.74 Å². The van der Waals surface area contributed by atoms with Crippen molar-refractivity contribution >= 4 is 17.7 Å². The summed E-state index contributed by atoms with van der Waals surface area (Å²) in [6, 6.07) is 8.24. The average Bonchev–Trinajstić information content (AvgIpc) is 3.07. The minimum Gasteiger partial charge on any atom is -0.496 e. The van der Waals surface area contributed by atoms with Crippen LogP contribution in [0.2, 0.25) is 0 Å². The van der Waals surface area contributed by atoms with Gasteiger partial charge in [0.1, 0.15) is 5.75 Å². The molecule has 1 aliphatic heterocycles. The van der Waals surface area contributed by atoms with Crippen molar-refractivity contribution in [1.82, 2.24) is 10.2 Å². The molecule has 5 heteroatoms. The summed E-state index contributed by atoms with van der Waals surface area (Å²) in [6.07, 6.45) is 5.57. The largest absolute Gasteiger partial charge is 0.496 e. The van der Waals surface area contributed by atoms with E-state index in [4.69, 9.17) is 4.74 Å². The van der Waals surface area contributed by atoms with Crippen LogP contribution in [0.25, 0.3) is 0 Å². The molecule has 1 aliphatic carbocycles. The number of rotatable bonds is 6. The summed E-state index contributed by atoms with van der Waals surface area (Å²) in [5, 5.41) is 3.59. The Morgan fingerprint density at radius 3 is 2.80 bits per heavy atom. The second-order valence-electron chi connectivity index (χ2n) is 7.52. The van der Waals surface area contributed by atoms with E-state index in [-0.39, 0.29) is 0 Å². The summed E-state index contributed by atoms with van der Waals surface area (Å²) in [4.78, 5) is 8.19. The lowest BCUT2D eigenvalue weighted by molar-refractivity contribution is 0.151. The van der Waals surface area contributed by atoms with E-state index in [0.717, 1.165) is 30.6 Å². The minimum absolute atomic E-state index is 0.562. The van der Waals surface area contributed by atoms with Gasteiger partial charge in [0.25, 0.3) is 0 Å². The molecule has 0 amide bonds. The van der Waals surface area contributed by atoms with E-state index in [1.54, 1.807) is 7.11 Å². The van der Waals surface area contributed by atoms with Crippen molar-refractivity contribution in [3.63, 3.8) is 0 Å². The SMILES string of the molecule is CN=C(NCC(C)CSc1ccccc1OC)N1CCC2(CCC2)C1. The molecule has 25 heavy (non-hydrogen) atoms. The second-order valence-corrected chi connectivity index (χ2v) is 8.58. The monoisotopic (exact) mass is 361 g/mol. The first kappa shape index (κ1) is 18.4. The van der Waals surface area contributed by atoms with E-state index < -0.39 is 0 Å². The maximum Gasteiger partial charge on any atom is 0.193 e. The molecule has 1 saturated heterocycles. The summed E-state index contributed by atoms with van der Waals surface area (Å²) in [5.41, 5.74) is 0.614. The maximum absolute atomic E-state index is 5.43. The number of benzene rings is 1. The number of hydrogen-bond acceptors (Lipinski definition) is 3. The molecule has 2 fully saturated rings. The number of nitrogens with one attached hydrogen (secondary N) is 1. The van der Waals surface area contributed by atoms with Gasteiger partial charge in [-0.05, 0) is 42.7 Å². The topological polar surface area (TPSA) is 36.9 Å². The molecular formula is C20H31N3OS. The Kier molecular flexibility index (Phi) is 6.15. The first-order valence-corrected chi connectivity index (χ1v) is 10.4. The van der Waals surface area contributed by atoms with Gasteiger partial charge in [-0.2, -0.15) is 0 Å². The molecule has 1 saturated carbocycles. The third-order valence-electron chi connectivity index (χ3n) is 5.56. The van der Waals surface area contributed by atoms with Crippen LogP contribution < -0.4 is 10.1 Å². The zero-order valence-corrected chi connectivity index (χ0v) is 16.6. The molecule has 3 rings (SSSR count). The summed E-state index contributed by atoms with van der Waals surface area (Å²) >= 11 is 1.87. The van der Waals surface area contributed by atoms with Crippen molar-refractivity contribution in [2.24, 2.45) is 16.3 Å². The number of likely N-dealkylation sites (tertiary alicyclic amines) is 1. The van der Waals surface area contributed by atoms with Crippen LogP contribution in [0.1, 0.15) is 32.6 Å². The first-order valence-electron chi connectivity index (χ1n) is 9.37. The number of ether oxygens (including phenoxy) is 1. The Balaban J connectivity index is 1.44. The molecule has 1 atom stereocenters. The van der Waals surface area contributed by atoms with Gasteiger partial charge in [-0.1, -0.05) is 25.5 Å². The van der Waals surface area contributed by atoms with E-state index in [0.29, 0.717) is 11.3 Å². The van der Waals surface area contributed by atoms with Gasteiger partial charge in [0.05, 0.1) is 7.11 Å². The van der Waals surface area contributed by atoms with Crippen LogP contribution in [0.5, 0.6) is 5.75 Å². The Bertz CT molecular complexity index is 600. The van der Waals surface area contributed by atoms with E-state index in [2.05, 4.69) is 34.3 Å². The number of methoxy groups -OCH3 is 1. The Morgan fingerprint density at radius 2 is 2.16 bits per heavy atom. The fraction of sp³-hybridized carbons (Fsp3) is 0.650. The number of hydrogen-bond donors (Lipinski definition) is 1. The molecule has 1 spiro atoms. The van der Waals surface area contributed by atoms with Crippen LogP contribution in [-0.2, 0) is 0 Å². The molecule has 2 aliphatic rings. The lowest BCUT2D eigenvalue weighted by Crippen LogP contribution is -2.44. The fourth-order valence-electron chi connectivity index (χ4n) is 3.83. The zero-order chi connectivity index (χ0) is 17.7. The standard InChI is InChI=1S/C20H31N3OS/c1-16(14-25-18-8-5-4-7-17(18)24-3)13-22-19(21-2)23-12-11-20(15-23)9-6-10-20/h4-5,7-8,16H,6,9-15H2,1-3H3,(H,21,22). The Hall–Kier alpha value is -1.36. The number of aliphatic imine (C=N–C) groups is 1. The minimum atomic E-state index is 0.562. The van der Waals surface area contributed by atoms with Gasteiger partial charge >= 0.3 is 0 Å². The van der Waals surface area contributed by atoms with Crippen molar-refractivity contribution in [2.75, 3.05) is 39.5 Å². The predicted octanol–water partition coefficient (Wildman–Crippen LogP) is 3.87. The van der Waals surface area contributed by atoms with Crippen LogP contribution in [0.3, 0.4) is 0 Å². The van der Waals surface area contributed by atoms with E-state index in [1.807, 2.05) is 30.9 Å². The molecular weight excluding hydrogens is 330 g/mol. The maximum atomic E-state index is 5.43. The van der Waals surface area contributed by atoms with E-state index in [9.17, 15) is 0 Å². The van der Waals surface area contributed by atoms with Crippen molar-refractivity contribution in [2.45, 2.75) is 37.5 Å². The van der Waals surface area contributed by atoms with Crippen LogP contribution in [0.15, 0.2) is 34.2 Å². The molecule has 0 aromatic heterocycles. The van der Waals surface area contributed by atoms with E-state index >= 15 is 0 Å². The highest BCUT2D eigenvalue weighted by Crippen LogP contribution is 2.47. The summed E-state index contributed by atoms with van der Waals surface area (Å²) < 4.78 is 5.43. The Morgan fingerprint density at radius 1 is 1.36 bits per heavy atom. The zero-order valence-electron chi connectivity index (χ0n) is 15.8. The van der Waals surface area contributed by atoms with Crippen LogP contribution in [0, 0.1) is 11.3 Å². The molecule has 138 valence electrons. The lowest BCUT2D eigenvalue weighted by atomic mass is 9.68. The highest BCUT2D eigenvalue weighted by atomic mass is 32.2. The van der Waals surface area contributed by atoms with Gasteiger partial charge in [0.2, 0.25) is 0 Å². The first-order chi connectivity index (χ1) is 12.2. The van der Waals surface area contributed by atoms with Crippen molar-refractivity contribution in [3.8, 4) is 5.75 Å². The predicted molar refractivity (Wildman–Crippen MR) is 107 cm³/mol. The smallest absolute Gasteiger partial charge is 0.193 e. The number of para-hydroxylation sites is 1. The number of nitrogens with zero attached hydrogens (tertiary/aromatic N) is 2. The third kappa shape index (κ3) is 4.43. The third-order valence-corrected chi connectivity index (χ3v) is 6.95. The van der Waals surface area contributed by atoms with Crippen LogP contribution in [-0.4, -0.2) is 50.4 Å². The summed E-state index contributed by atoms with van der Waals surface area (Å²) in [6.45, 7) is 5.60. The van der Waals surface area contributed by atoms with Crippen LogP contribution >= 0.6 is 11.8 Å². The molecule has 1 heterocycles.